The zero-order chi connectivity index (χ0) is 9.93. The van der Waals surface area contributed by atoms with Crippen LogP contribution in [0.2, 0.25) is 0 Å². The van der Waals surface area contributed by atoms with Crippen LogP contribution in [0.5, 0.6) is 0 Å². The summed E-state index contributed by atoms with van der Waals surface area (Å²) in [5, 5.41) is 0. The standard InChI is InChI=1S/C13H15NO/c1-2-8-14-10(3-1)13-7-6-12(4-5-12)9-11(13)15-13/h1-3,8,11H,4-7,9H2/t11-,13+/m1/s1. The molecule has 0 radical (unpaired) electrons. The van der Waals surface area contributed by atoms with Crippen molar-refractivity contribution in [3.05, 3.63) is 30.1 Å². The van der Waals surface area contributed by atoms with E-state index < -0.39 is 0 Å². The van der Waals surface area contributed by atoms with Crippen molar-refractivity contribution in [3.8, 4) is 0 Å². The molecule has 3 fully saturated rings. The Labute approximate surface area is 89.7 Å². The predicted octanol–water partition coefficient (Wildman–Crippen LogP) is 2.64. The summed E-state index contributed by atoms with van der Waals surface area (Å²) < 4.78 is 5.96. The first-order chi connectivity index (χ1) is 7.33. The van der Waals surface area contributed by atoms with Crippen molar-refractivity contribution in [1.82, 2.24) is 4.98 Å². The highest BCUT2D eigenvalue weighted by atomic mass is 16.6. The maximum atomic E-state index is 5.96. The van der Waals surface area contributed by atoms with Crippen LogP contribution >= 0.6 is 0 Å². The molecule has 1 aromatic rings. The van der Waals surface area contributed by atoms with E-state index >= 15 is 0 Å². The molecule has 4 rings (SSSR count). The van der Waals surface area contributed by atoms with Gasteiger partial charge in [0.2, 0.25) is 0 Å². The number of aromatic nitrogens is 1. The Hall–Kier alpha value is -0.890. The summed E-state index contributed by atoms with van der Waals surface area (Å²) in [5.41, 5.74) is 1.87. The fourth-order valence-corrected chi connectivity index (χ4v) is 3.19. The number of epoxide rings is 1. The highest BCUT2D eigenvalue weighted by Crippen LogP contribution is 2.66. The highest BCUT2D eigenvalue weighted by molar-refractivity contribution is 5.26. The van der Waals surface area contributed by atoms with Crippen molar-refractivity contribution in [3.63, 3.8) is 0 Å². The molecule has 2 saturated carbocycles. The van der Waals surface area contributed by atoms with Crippen molar-refractivity contribution in [2.75, 3.05) is 0 Å². The van der Waals surface area contributed by atoms with Crippen LogP contribution in [0.3, 0.4) is 0 Å². The van der Waals surface area contributed by atoms with Gasteiger partial charge < -0.3 is 4.74 Å². The van der Waals surface area contributed by atoms with E-state index in [1.807, 2.05) is 12.3 Å². The summed E-state index contributed by atoms with van der Waals surface area (Å²) in [6.45, 7) is 0. The number of rotatable bonds is 1. The summed E-state index contributed by atoms with van der Waals surface area (Å²) in [7, 11) is 0. The maximum absolute atomic E-state index is 5.96. The van der Waals surface area contributed by atoms with Gasteiger partial charge in [0.1, 0.15) is 5.60 Å². The Morgan fingerprint density at radius 3 is 2.73 bits per heavy atom. The Balaban J connectivity index is 1.64. The lowest BCUT2D eigenvalue weighted by atomic mass is 9.78. The van der Waals surface area contributed by atoms with Gasteiger partial charge in [-0.3, -0.25) is 4.98 Å². The summed E-state index contributed by atoms with van der Waals surface area (Å²) in [6, 6.07) is 6.16. The van der Waals surface area contributed by atoms with Crippen LogP contribution in [0.15, 0.2) is 24.4 Å². The van der Waals surface area contributed by atoms with Gasteiger partial charge in [0, 0.05) is 6.20 Å². The van der Waals surface area contributed by atoms with Crippen molar-refractivity contribution in [2.24, 2.45) is 5.41 Å². The Bertz CT molecular complexity index is 398. The Morgan fingerprint density at radius 2 is 2.07 bits per heavy atom. The first-order valence-electron chi connectivity index (χ1n) is 5.92. The van der Waals surface area contributed by atoms with E-state index in [2.05, 4.69) is 17.1 Å². The molecule has 0 amide bonds. The molecule has 1 spiro atoms. The van der Waals surface area contributed by atoms with Crippen LogP contribution in [-0.2, 0) is 10.3 Å². The number of nitrogens with zero attached hydrogens (tertiary/aromatic N) is 1. The Kier molecular flexibility index (Phi) is 1.34. The van der Waals surface area contributed by atoms with Gasteiger partial charge in [-0.2, -0.15) is 0 Å². The minimum atomic E-state index is 0.0229. The molecular formula is C13H15NO. The van der Waals surface area contributed by atoms with Gasteiger partial charge in [-0.05, 0) is 49.7 Å². The van der Waals surface area contributed by atoms with Crippen LogP contribution in [0.1, 0.15) is 37.8 Å². The van der Waals surface area contributed by atoms with Gasteiger partial charge >= 0.3 is 0 Å². The predicted molar refractivity (Wildman–Crippen MR) is 56.3 cm³/mol. The molecule has 0 bridgehead atoms. The van der Waals surface area contributed by atoms with Crippen LogP contribution in [0.25, 0.3) is 0 Å². The molecule has 2 nitrogen and oxygen atoms in total. The lowest BCUT2D eigenvalue weighted by Gasteiger charge is -2.23. The van der Waals surface area contributed by atoms with Gasteiger partial charge in [0.15, 0.2) is 0 Å². The molecule has 1 aliphatic heterocycles. The average molecular weight is 201 g/mol. The minimum Gasteiger partial charge on any atom is -0.359 e. The third-order valence-electron chi connectivity index (χ3n) is 4.52. The summed E-state index contributed by atoms with van der Waals surface area (Å²) in [5.74, 6) is 0. The number of hydrogen-bond donors (Lipinski definition) is 0. The molecule has 0 N–H and O–H groups in total. The molecule has 3 aliphatic rings. The smallest absolute Gasteiger partial charge is 0.136 e. The van der Waals surface area contributed by atoms with E-state index in [1.54, 1.807) is 0 Å². The van der Waals surface area contributed by atoms with E-state index in [-0.39, 0.29) is 5.60 Å². The molecule has 0 aromatic carbocycles. The van der Waals surface area contributed by atoms with Gasteiger partial charge in [-0.15, -0.1) is 0 Å². The van der Waals surface area contributed by atoms with Crippen LogP contribution in [0, 0.1) is 5.41 Å². The van der Waals surface area contributed by atoms with E-state index in [4.69, 9.17) is 4.74 Å². The fraction of sp³-hybridized carbons (Fsp3) is 0.615. The van der Waals surface area contributed by atoms with E-state index in [0.29, 0.717) is 11.5 Å². The normalized spacial score (nSPS) is 39.9. The third kappa shape index (κ3) is 1.06. The SMILES string of the molecule is c1ccc([C@@]23CCC4(CC4)C[C@H]2O3)nc1. The molecule has 78 valence electrons. The molecule has 15 heavy (non-hydrogen) atoms. The first-order valence-corrected chi connectivity index (χ1v) is 5.92. The second-order valence-corrected chi connectivity index (χ2v) is 5.42. The third-order valence-corrected chi connectivity index (χ3v) is 4.52. The molecule has 1 saturated heterocycles. The number of pyridine rings is 1. The number of hydrogen-bond acceptors (Lipinski definition) is 2. The summed E-state index contributed by atoms with van der Waals surface area (Å²) in [4.78, 5) is 4.46. The van der Waals surface area contributed by atoms with Gasteiger partial charge in [-0.1, -0.05) is 6.07 Å². The lowest BCUT2D eigenvalue weighted by Crippen LogP contribution is -2.24. The minimum absolute atomic E-state index is 0.0229. The van der Waals surface area contributed by atoms with Gasteiger partial charge in [0.25, 0.3) is 0 Å². The topological polar surface area (TPSA) is 25.4 Å². The quantitative estimate of drug-likeness (QED) is 0.653. The zero-order valence-electron chi connectivity index (χ0n) is 8.78. The van der Waals surface area contributed by atoms with Gasteiger partial charge in [0.05, 0.1) is 11.8 Å². The van der Waals surface area contributed by atoms with Gasteiger partial charge in [-0.25, -0.2) is 0 Å². The second-order valence-electron chi connectivity index (χ2n) is 5.42. The van der Waals surface area contributed by atoms with Crippen molar-refractivity contribution >= 4 is 0 Å². The monoisotopic (exact) mass is 201 g/mol. The van der Waals surface area contributed by atoms with Crippen molar-refractivity contribution in [1.29, 1.82) is 0 Å². The molecule has 2 atom stereocenters. The van der Waals surface area contributed by atoms with Crippen LogP contribution in [0.4, 0.5) is 0 Å². The molecule has 2 heterocycles. The first kappa shape index (κ1) is 8.28. The molecule has 2 aliphatic carbocycles. The number of ether oxygens (including phenoxy) is 1. The van der Waals surface area contributed by atoms with E-state index in [0.717, 1.165) is 5.69 Å². The summed E-state index contributed by atoms with van der Waals surface area (Å²) >= 11 is 0. The van der Waals surface area contributed by atoms with E-state index in [1.165, 1.54) is 32.1 Å². The fourth-order valence-electron chi connectivity index (χ4n) is 3.19. The zero-order valence-corrected chi connectivity index (χ0v) is 8.78. The summed E-state index contributed by atoms with van der Waals surface area (Å²) in [6.07, 6.45) is 9.04. The van der Waals surface area contributed by atoms with Crippen LogP contribution < -0.4 is 0 Å². The second kappa shape index (κ2) is 2.43. The van der Waals surface area contributed by atoms with Crippen molar-refractivity contribution in [2.45, 2.75) is 43.8 Å². The number of fused-ring (bicyclic) bond motifs is 1. The lowest BCUT2D eigenvalue weighted by molar-refractivity contribution is 0.275. The van der Waals surface area contributed by atoms with Crippen LogP contribution in [-0.4, -0.2) is 11.1 Å². The van der Waals surface area contributed by atoms with E-state index in [9.17, 15) is 0 Å². The van der Waals surface area contributed by atoms with Crippen molar-refractivity contribution < 1.29 is 4.74 Å². The largest absolute Gasteiger partial charge is 0.359 e. The average Bonchev–Trinajstić information content (AvgIpc) is 3.18. The highest BCUT2D eigenvalue weighted by Gasteiger charge is 2.66. The molecule has 0 unspecified atom stereocenters. The molecule has 2 heteroatoms. The maximum Gasteiger partial charge on any atom is 0.136 e. The molecule has 1 aromatic heterocycles. The Morgan fingerprint density at radius 1 is 1.20 bits per heavy atom. The molecular weight excluding hydrogens is 186 g/mol.